The third-order valence-electron chi connectivity index (χ3n) is 4.19. The van der Waals surface area contributed by atoms with Crippen LogP contribution < -0.4 is 5.32 Å². The molecule has 140 valence electrons. The van der Waals surface area contributed by atoms with Gasteiger partial charge in [-0.2, -0.15) is 0 Å². The first-order chi connectivity index (χ1) is 13.5. The first kappa shape index (κ1) is 17.9. The van der Waals surface area contributed by atoms with Crippen LogP contribution in [-0.2, 0) is 11.8 Å². The van der Waals surface area contributed by atoms with Crippen LogP contribution in [-0.4, -0.2) is 36.3 Å². The molecule has 0 spiro atoms. The Morgan fingerprint density at radius 1 is 1.18 bits per heavy atom. The zero-order chi connectivity index (χ0) is 19.7. The number of thioether (sulfide) groups is 1. The molecule has 2 heterocycles. The summed E-state index contributed by atoms with van der Waals surface area (Å²) < 4.78 is 1.93. The average molecular weight is 394 g/mol. The first-order valence-corrected chi connectivity index (χ1v) is 9.27. The van der Waals surface area contributed by atoms with E-state index in [1.807, 2.05) is 35.9 Å². The molecule has 0 atom stereocenters. The maximum absolute atomic E-state index is 12.2. The van der Waals surface area contributed by atoms with E-state index in [1.54, 1.807) is 12.1 Å². The number of nitrogens with one attached hydrogen (secondary N) is 1. The van der Waals surface area contributed by atoms with Crippen molar-refractivity contribution in [2.24, 2.45) is 7.05 Å². The smallest absolute Gasteiger partial charge is 0.292 e. The summed E-state index contributed by atoms with van der Waals surface area (Å²) in [4.78, 5) is 27.2. The number of aromatic nitrogens is 4. The molecule has 0 radical (unpaired) electrons. The van der Waals surface area contributed by atoms with Crippen molar-refractivity contribution in [3.05, 3.63) is 58.6 Å². The summed E-state index contributed by atoms with van der Waals surface area (Å²) in [6, 6.07) is 13.8. The van der Waals surface area contributed by atoms with Gasteiger partial charge in [-0.15, -0.1) is 10.2 Å². The van der Waals surface area contributed by atoms with Gasteiger partial charge in [-0.25, -0.2) is 4.98 Å². The molecule has 0 unspecified atom stereocenters. The highest BCUT2D eigenvalue weighted by Gasteiger charge is 2.16. The van der Waals surface area contributed by atoms with Gasteiger partial charge in [0.1, 0.15) is 11.2 Å². The van der Waals surface area contributed by atoms with Crippen LogP contribution in [0.4, 0.5) is 11.4 Å². The summed E-state index contributed by atoms with van der Waals surface area (Å²) in [5.41, 5.74) is 2.37. The van der Waals surface area contributed by atoms with Gasteiger partial charge in [-0.1, -0.05) is 42.1 Å². The quantitative estimate of drug-likeness (QED) is 0.314. The number of anilines is 1. The minimum atomic E-state index is -0.538. The number of nitro benzene ring substituents is 1. The number of amides is 1. The second kappa shape index (κ2) is 7.24. The van der Waals surface area contributed by atoms with Crippen LogP contribution in [0.5, 0.6) is 0 Å². The van der Waals surface area contributed by atoms with Gasteiger partial charge in [-0.3, -0.25) is 14.9 Å². The largest absolute Gasteiger partial charge is 0.327 e. The van der Waals surface area contributed by atoms with E-state index in [-0.39, 0.29) is 23.0 Å². The Morgan fingerprint density at radius 2 is 1.93 bits per heavy atom. The van der Waals surface area contributed by atoms with Crippen molar-refractivity contribution in [3.8, 4) is 0 Å². The summed E-state index contributed by atoms with van der Waals surface area (Å²) in [5, 5.41) is 23.3. The number of para-hydroxylation sites is 3. The number of carbonyl (C=O) groups excluding carboxylic acids is 1. The molecule has 0 saturated carbocycles. The standard InChI is InChI=1S/C18H14N6O3S/c1-23-13-8-4-2-6-11(13)16-17(23)20-18(22-21-16)28-10-15(25)19-12-7-3-5-9-14(12)24(26)27/h2-9H,10H2,1H3,(H,19,25). The minimum Gasteiger partial charge on any atom is -0.327 e. The fourth-order valence-electron chi connectivity index (χ4n) is 2.91. The van der Waals surface area contributed by atoms with Gasteiger partial charge in [0, 0.05) is 18.5 Å². The Kier molecular flexibility index (Phi) is 4.62. The summed E-state index contributed by atoms with van der Waals surface area (Å²) in [6.07, 6.45) is 0. The lowest BCUT2D eigenvalue weighted by molar-refractivity contribution is -0.383. The zero-order valence-electron chi connectivity index (χ0n) is 14.7. The summed E-state index contributed by atoms with van der Waals surface area (Å²) in [6.45, 7) is 0. The molecule has 1 amide bonds. The molecule has 2 aromatic heterocycles. The summed E-state index contributed by atoms with van der Waals surface area (Å²) in [5.74, 6) is -0.386. The maximum Gasteiger partial charge on any atom is 0.292 e. The second-order valence-corrected chi connectivity index (χ2v) is 6.90. The van der Waals surface area contributed by atoms with Gasteiger partial charge in [0.15, 0.2) is 5.65 Å². The van der Waals surface area contributed by atoms with E-state index in [4.69, 9.17) is 0 Å². The molecular weight excluding hydrogens is 380 g/mol. The molecule has 0 saturated heterocycles. The number of rotatable bonds is 5. The van der Waals surface area contributed by atoms with Crippen LogP contribution in [0, 0.1) is 10.1 Å². The van der Waals surface area contributed by atoms with Gasteiger partial charge < -0.3 is 9.88 Å². The molecule has 0 aliphatic carbocycles. The molecule has 2 aromatic carbocycles. The Hall–Kier alpha value is -3.53. The minimum absolute atomic E-state index is 0.00315. The fraction of sp³-hybridized carbons (Fsp3) is 0.111. The van der Waals surface area contributed by atoms with Crippen LogP contribution in [0.15, 0.2) is 53.7 Å². The number of benzene rings is 2. The van der Waals surface area contributed by atoms with Crippen molar-refractivity contribution >= 4 is 51.1 Å². The Balaban J connectivity index is 1.51. The van der Waals surface area contributed by atoms with Crippen molar-refractivity contribution in [2.45, 2.75) is 5.16 Å². The topological polar surface area (TPSA) is 116 Å². The third kappa shape index (κ3) is 3.25. The van der Waals surface area contributed by atoms with E-state index in [9.17, 15) is 14.9 Å². The van der Waals surface area contributed by atoms with Crippen molar-refractivity contribution in [3.63, 3.8) is 0 Å². The lowest BCUT2D eigenvalue weighted by atomic mass is 10.2. The highest BCUT2D eigenvalue weighted by Crippen LogP contribution is 2.26. The molecule has 9 nitrogen and oxygen atoms in total. The molecule has 4 rings (SSSR count). The fourth-order valence-corrected chi connectivity index (χ4v) is 3.49. The maximum atomic E-state index is 12.2. The molecule has 0 aliphatic rings. The lowest BCUT2D eigenvalue weighted by Gasteiger charge is -2.05. The van der Waals surface area contributed by atoms with Crippen LogP contribution in [0.3, 0.4) is 0 Å². The second-order valence-electron chi connectivity index (χ2n) is 5.95. The van der Waals surface area contributed by atoms with Crippen LogP contribution >= 0.6 is 11.8 Å². The number of fused-ring (bicyclic) bond motifs is 3. The monoisotopic (exact) mass is 394 g/mol. The number of aryl methyl sites for hydroxylation is 1. The van der Waals surface area contributed by atoms with E-state index >= 15 is 0 Å². The molecule has 10 heteroatoms. The zero-order valence-corrected chi connectivity index (χ0v) is 15.5. The SMILES string of the molecule is Cn1c2ccccc2c2nnc(SCC(=O)Nc3ccccc3[N+](=O)[O-])nc21. The number of hydrogen-bond acceptors (Lipinski definition) is 7. The van der Waals surface area contributed by atoms with Gasteiger partial charge in [0.25, 0.3) is 5.69 Å². The summed E-state index contributed by atoms with van der Waals surface area (Å²) in [7, 11) is 1.90. The number of nitro groups is 1. The van der Waals surface area contributed by atoms with Crippen LogP contribution in [0.2, 0.25) is 0 Å². The number of hydrogen-bond donors (Lipinski definition) is 1. The lowest BCUT2D eigenvalue weighted by Crippen LogP contribution is -2.15. The predicted octanol–water partition coefficient (Wildman–Crippen LogP) is 3.16. The molecule has 28 heavy (non-hydrogen) atoms. The number of nitrogens with zero attached hydrogens (tertiary/aromatic N) is 5. The van der Waals surface area contributed by atoms with Crippen molar-refractivity contribution in [2.75, 3.05) is 11.1 Å². The molecule has 0 fully saturated rings. The van der Waals surface area contributed by atoms with Crippen LogP contribution in [0.1, 0.15) is 0 Å². The summed E-state index contributed by atoms with van der Waals surface area (Å²) >= 11 is 1.12. The van der Waals surface area contributed by atoms with Crippen molar-refractivity contribution < 1.29 is 9.72 Å². The van der Waals surface area contributed by atoms with Gasteiger partial charge in [-0.05, 0) is 12.1 Å². The van der Waals surface area contributed by atoms with E-state index in [1.165, 1.54) is 12.1 Å². The molecule has 4 aromatic rings. The highest BCUT2D eigenvalue weighted by atomic mass is 32.2. The molecule has 1 N–H and O–H groups in total. The Bertz CT molecular complexity index is 1220. The van der Waals surface area contributed by atoms with E-state index in [2.05, 4.69) is 20.5 Å². The van der Waals surface area contributed by atoms with Crippen molar-refractivity contribution in [1.82, 2.24) is 19.7 Å². The Morgan fingerprint density at radius 3 is 2.75 bits per heavy atom. The van der Waals surface area contributed by atoms with E-state index in [0.717, 1.165) is 22.7 Å². The highest BCUT2D eigenvalue weighted by molar-refractivity contribution is 7.99. The van der Waals surface area contributed by atoms with E-state index in [0.29, 0.717) is 16.3 Å². The molecular formula is C18H14N6O3S. The number of carbonyl (C=O) groups is 1. The Labute approximate surface area is 162 Å². The third-order valence-corrected chi connectivity index (χ3v) is 5.03. The van der Waals surface area contributed by atoms with Gasteiger partial charge >= 0.3 is 0 Å². The average Bonchev–Trinajstić information content (AvgIpc) is 2.99. The first-order valence-electron chi connectivity index (χ1n) is 8.28. The van der Waals surface area contributed by atoms with Crippen molar-refractivity contribution in [1.29, 1.82) is 0 Å². The molecule has 0 aliphatic heterocycles. The van der Waals surface area contributed by atoms with Gasteiger partial charge in [0.2, 0.25) is 11.1 Å². The van der Waals surface area contributed by atoms with Crippen LogP contribution in [0.25, 0.3) is 22.1 Å². The normalized spacial score (nSPS) is 11.0. The van der Waals surface area contributed by atoms with Gasteiger partial charge in [0.05, 0.1) is 16.2 Å². The predicted molar refractivity (Wildman–Crippen MR) is 106 cm³/mol. The molecule has 0 bridgehead atoms. The van der Waals surface area contributed by atoms with E-state index < -0.39 is 4.92 Å².